The van der Waals surface area contributed by atoms with Crippen LogP contribution in [0.4, 0.5) is 0 Å². The number of allylic oxidation sites excluding steroid dienone is 1. The Balaban J connectivity index is 2.15. The number of nitrogens with one attached hydrogen (secondary N) is 1. The van der Waals surface area contributed by atoms with Gasteiger partial charge in [0.1, 0.15) is 0 Å². The highest BCUT2D eigenvalue weighted by Gasteiger charge is 2.26. The summed E-state index contributed by atoms with van der Waals surface area (Å²) in [4.78, 5) is 3.45. The van der Waals surface area contributed by atoms with Crippen molar-refractivity contribution < 1.29 is 0 Å². The normalized spacial score (nSPS) is 23.0. The van der Waals surface area contributed by atoms with Gasteiger partial charge in [0.25, 0.3) is 0 Å². The third kappa shape index (κ3) is 1.23. The van der Waals surface area contributed by atoms with Crippen molar-refractivity contribution >= 4 is 6.08 Å². The van der Waals surface area contributed by atoms with Crippen molar-refractivity contribution in [3.8, 4) is 6.07 Å². The molecular weight excluding hydrogens is 184 g/mol. The molecule has 0 spiro atoms. The van der Waals surface area contributed by atoms with Crippen LogP contribution in [0.1, 0.15) is 47.7 Å². The van der Waals surface area contributed by atoms with E-state index in [1.807, 2.05) is 0 Å². The maximum absolute atomic E-state index is 9.11. The van der Waals surface area contributed by atoms with Gasteiger partial charge in [-0.25, -0.2) is 0 Å². The van der Waals surface area contributed by atoms with Gasteiger partial charge in [0, 0.05) is 11.4 Å². The van der Waals surface area contributed by atoms with Crippen LogP contribution in [0.5, 0.6) is 0 Å². The van der Waals surface area contributed by atoms with Crippen LogP contribution >= 0.6 is 0 Å². The zero-order valence-electron chi connectivity index (χ0n) is 8.71. The van der Waals surface area contributed by atoms with Crippen molar-refractivity contribution in [3.63, 3.8) is 0 Å². The number of hydrogen-bond donors (Lipinski definition) is 1. The van der Waals surface area contributed by atoms with Crippen molar-refractivity contribution in [2.45, 2.75) is 38.0 Å². The summed E-state index contributed by atoms with van der Waals surface area (Å²) in [5.74, 6) is 0.104. The van der Waals surface area contributed by atoms with Gasteiger partial charge in [0.05, 0.1) is 12.0 Å². The maximum atomic E-state index is 9.11. The largest absolute Gasteiger partial charge is 0.357 e. The molecular formula is C13H14N2. The SMILES string of the molecule is N#CC1CCCc2c1[nH]c1c2CCC=C1. The van der Waals surface area contributed by atoms with Gasteiger partial charge >= 0.3 is 0 Å². The number of hydrogen-bond acceptors (Lipinski definition) is 1. The number of nitriles is 1. The molecule has 0 aromatic carbocycles. The van der Waals surface area contributed by atoms with Crippen LogP contribution in [0.15, 0.2) is 6.08 Å². The smallest absolute Gasteiger partial charge is 0.0865 e. The lowest BCUT2D eigenvalue weighted by atomic mass is 9.85. The predicted octanol–water partition coefficient (Wildman–Crippen LogP) is 2.92. The molecule has 1 atom stereocenters. The first-order chi connectivity index (χ1) is 7.40. The average Bonchev–Trinajstić information content (AvgIpc) is 2.67. The zero-order valence-corrected chi connectivity index (χ0v) is 8.71. The standard InChI is InChI=1S/C13H14N2/c14-8-9-4-3-6-11-10-5-1-2-7-12(10)15-13(9)11/h2,7,9,15H,1,3-6H2. The van der Waals surface area contributed by atoms with E-state index in [0.29, 0.717) is 0 Å². The Labute approximate surface area is 89.6 Å². The van der Waals surface area contributed by atoms with Gasteiger partial charge in [-0.05, 0) is 49.3 Å². The first kappa shape index (κ1) is 8.79. The summed E-state index contributed by atoms with van der Waals surface area (Å²) in [7, 11) is 0. The molecule has 0 saturated carbocycles. The van der Waals surface area contributed by atoms with Gasteiger partial charge < -0.3 is 4.98 Å². The minimum absolute atomic E-state index is 0.104. The molecule has 0 saturated heterocycles. The number of aromatic amines is 1. The van der Waals surface area contributed by atoms with Crippen LogP contribution < -0.4 is 0 Å². The van der Waals surface area contributed by atoms with E-state index >= 15 is 0 Å². The Morgan fingerprint density at radius 3 is 3.13 bits per heavy atom. The Morgan fingerprint density at radius 1 is 1.33 bits per heavy atom. The molecule has 1 heterocycles. The minimum atomic E-state index is 0.104. The van der Waals surface area contributed by atoms with Crippen molar-refractivity contribution in [1.82, 2.24) is 4.98 Å². The van der Waals surface area contributed by atoms with Crippen LogP contribution in [0.3, 0.4) is 0 Å². The van der Waals surface area contributed by atoms with Crippen molar-refractivity contribution in [3.05, 3.63) is 28.6 Å². The molecule has 0 amide bonds. The second-order valence-electron chi connectivity index (χ2n) is 4.42. The summed E-state index contributed by atoms with van der Waals surface area (Å²) < 4.78 is 0. The molecule has 3 rings (SSSR count). The van der Waals surface area contributed by atoms with E-state index < -0.39 is 0 Å². The third-order valence-corrected chi connectivity index (χ3v) is 3.55. The number of fused-ring (bicyclic) bond motifs is 3. The average molecular weight is 198 g/mol. The van der Waals surface area contributed by atoms with E-state index in [4.69, 9.17) is 5.26 Å². The van der Waals surface area contributed by atoms with Crippen molar-refractivity contribution in [1.29, 1.82) is 5.26 Å². The lowest BCUT2D eigenvalue weighted by Crippen LogP contribution is -2.08. The summed E-state index contributed by atoms with van der Waals surface area (Å²) in [5.41, 5.74) is 5.40. The summed E-state index contributed by atoms with van der Waals surface area (Å²) in [6.45, 7) is 0. The van der Waals surface area contributed by atoms with Gasteiger partial charge in [0.2, 0.25) is 0 Å². The second kappa shape index (κ2) is 3.27. The summed E-state index contributed by atoms with van der Waals surface area (Å²) in [6.07, 6.45) is 10.0. The second-order valence-corrected chi connectivity index (χ2v) is 4.42. The van der Waals surface area contributed by atoms with E-state index in [1.165, 1.54) is 28.9 Å². The first-order valence-electron chi connectivity index (χ1n) is 5.70. The lowest BCUT2D eigenvalue weighted by Gasteiger charge is -2.17. The van der Waals surface area contributed by atoms with Gasteiger partial charge in [0.15, 0.2) is 0 Å². The Morgan fingerprint density at radius 2 is 2.27 bits per heavy atom. The fourth-order valence-electron chi connectivity index (χ4n) is 2.82. The molecule has 76 valence electrons. The number of nitrogens with zero attached hydrogens (tertiary/aromatic N) is 1. The van der Waals surface area contributed by atoms with Crippen LogP contribution in [-0.4, -0.2) is 4.98 Å². The van der Waals surface area contributed by atoms with E-state index in [2.05, 4.69) is 23.2 Å². The molecule has 0 fully saturated rings. The van der Waals surface area contributed by atoms with E-state index in [1.54, 1.807) is 0 Å². The van der Waals surface area contributed by atoms with Crippen LogP contribution in [0, 0.1) is 11.3 Å². The first-order valence-corrected chi connectivity index (χ1v) is 5.70. The van der Waals surface area contributed by atoms with Gasteiger partial charge in [-0.3, -0.25) is 0 Å². The van der Waals surface area contributed by atoms with Crippen LogP contribution in [-0.2, 0) is 12.8 Å². The van der Waals surface area contributed by atoms with Gasteiger partial charge in [-0.1, -0.05) is 6.08 Å². The van der Waals surface area contributed by atoms with Crippen LogP contribution in [0.2, 0.25) is 0 Å². The molecule has 1 aromatic rings. The Kier molecular flexibility index (Phi) is 1.92. The Hall–Kier alpha value is -1.49. The minimum Gasteiger partial charge on any atom is -0.357 e. The third-order valence-electron chi connectivity index (χ3n) is 3.55. The highest BCUT2D eigenvalue weighted by atomic mass is 14.8. The molecule has 1 N–H and O–H groups in total. The molecule has 2 heteroatoms. The summed E-state index contributed by atoms with van der Waals surface area (Å²) in [6, 6.07) is 2.41. The molecule has 0 bridgehead atoms. The summed E-state index contributed by atoms with van der Waals surface area (Å²) >= 11 is 0. The molecule has 2 nitrogen and oxygen atoms in total. The maximum Gasteiger partial charge on any atom is 0.0865 e. The molecule has 2 aliphatic rings. The van der Waals surface area contributed by atoms with Gasteiger partial charge in [-0.2, -0.15) is 5.26 Å². The molecule has 1 unspecified atom stereocenters. The zero-order chi connectivity index (χ0) is 10.3. The summed E-state index contributed by atoms with van der Waals surface area (Å²) in [5, 5.41) is 9.11. The monoisotopic (exact) mass is 198 g/mol. The van der Waals surface area contributed by atoms with E-state index in [-0.39, 0.29) is 5.92 Å². The fraction of sp³-hybridized carbons (Fsp3) is 0.462. The van der Waals surface area contributed by atoms with Crippen molar-refractivity contribution in [2.24, 2.45) is 0 Å². The highest BCUT2D eigenvalue weighted by molar-refractivity contribution is 5.58. The lowest BCUT2D eigenvalue weighted by molar-refractivity contribution is 0.624. The molecule has 1 aromatic heterocycles. The number of rotatable bonds is 0. The molecule has 15 heavy (non-hydrogen) atoms. The number of aromatic nitrogens is 1. The van der Waals surface area contributed by atoms with E-state index in [9.17, 15) is 0 Å². The number of H-pyrrole nitrogens is 1. The Bertz CT molecular complexity index is 460. The molecule has 0 aliphatic heterocycles. The topological polar surface area (TPSA) is 39.6 Å². The highest BCUT2D eigenvalue weighted by Crippen LogP contribution is 2.36. The quantitative estimate of drug-likeness (QED) is 0.684. The molecule has 0 radical (unpaired) electrons. The predicted molar refractivity (Wildman–Crippen MR) is 59.4 cm³/mol. The van der Waals surface area contributed by atoms with Crippen molar-refractivity contribution in [2.75, 3.05) is 0 Å². The van der Waals surface area contributed by atoms with Crippen LogP contribution in [0.25, 0.3) is 6.08 Å². The fourth-order valence-corrected chi connectivity index (χ4v) is 2.82. The van der Waals surface area contributed by atoms with E-state index in [0.717, 1.165) is 25.7 Å². The van der Waals surface area contributed by atoms with Gasteiger partial charge in [-0.15, -0.1) is 0 Å². The molecule has 2 aliphatic carbocycles.